The van der Waals surface area contributed by atoms with E-state index >= 15 is 0 Å². The summed E-state index contributed by atoms with van der Waals surface area (Å²) in [4.78, 5) is 2.38. The van der Waals surface area contributed by atoms with Crippen LogP contribution in [-0.4, -0.2) is 57.0 Å². The van der Waals surface area contributed by atoms with E-state index < -0.39 is 0 Å². The van der Waals surface area contributed by atoms with Crippen molar-refractivity contribution in [3.8, 4) is 11.5 Å². The van der Waals surface area contributed by atoms with Crippen LogP contribution in [0.5, 0.6) is 11.5 Å². The van der Waals surface area contributed by atoms with Gasteiger partial charge in [-0.05, 0) is 18.6 Å². The van der Waals surface area contributed by atoms with Crippen LogP contribution in [0, 0.1) is 0 Å². The molecule has 0 radical (unpaired) electrons. The number of rotatable bonds is 6. The average molecular weight is 317 g/mol. The lowest BCUT2D eigenvalue weighted by Crippen LogP contribution is -2.45. The predicted molar refractivity (Wildman–Crippen MR) is 85.7 cm³/mol. The highest BCUT2D eigenvalue weighted by molar-refractivity contribution is 5.85. The summed E-state index contributed by atoms with van der Waals surface area (Å²) >= 11 is 0. The van der Waals surface area contributed by atoms with Crippen molar-refractivity contribution in [2.45, 2.75) is 12.5 Å². The van der Waals surface area contributed by atoms with Gasteiger partial charge in [-0.15, -0.1) is 12.4 Å². The number of methoxy groups -OCH3 is 2. The zero-order valence-corrected chi connectivity index (χ0v) is 13.5. The van der Waals surface area contributed by atoms with Gasteiger partial charge in [-0.25, -0.2) is 0 Å². The number of piperazine rings is 1. The van der Waals surface area contributed by atoms with E-state index in [4.69, 9.17) is 9.47 Å². The van der Waals surface area contributed by atoms with Crippen molar-refractivity contribution in [2.24, 2.45) is 0 Å². The van der Waals surface area contributed by atoms with Crippen LogP contribution in [0.3, 0.4) is 0 Å². The lowest BCUT2D eigenvalue weighted by Gasteiger charge is -2.36. The van der Waals surface area contributed by atoms with E-state index in [0.29, 0.717) is 6.42 Å². The maximum Gasteiger partial charge on any atom is 0.127 e. The van der Waals surface area contributed by atoms with Gasteiger partial charge in [0.1, 0.15) is 11.5 Å². The molecular weight excluding hydrogens is 292 g/mol. The summed E-state index contributed by atoms with van der Waals surface area (Å²) in [6.07, 6.45) is 0.677. The van der Waals surface area contributed by atoms with Crippen molar-refractivity contribution in [2.75, 3.05) is 47.0 Å². The first-order valence-corrected chi connectivity index (χ1v) is 7.08. The summed E-state index contributed by atoms with van der Waals surface area (Å²) < 4.78 is 11.0. The maximum atomic E-state index is 9.43. The molecule has 6 heteroatoms. The molecule has 0 unspecified atom stereocenters. The molecule has 1 aromatic rings. The van der Waals surface area contributed by atoms with Gasteiger partial charge in [0.2, 0.25) is 0 Å². The summed E-state index contributed by atoms with van der Waals surface area (Å²) in [5.74, 6) is 1.64. The Morgan fingerprint density at radius 1 is 1.19 bits per heavy atom. The summed E-state index contributed by atoms with van der Waals surface area (Å²) in [7, 11) is 3.35. The van der Waals surface area contributed by atoms with Crippen molar-refractivity contribution >= 4 is 12.4 Å². The van der Waals surface area contributed by atoms with Crippen LogP contribution in [-0.2, 0) is 0 Å². The van der Waals surface area contributed by atoms with Gasteiger partial charge in [0.05, 0.1) is 19.8 Å². The van der Waals surface area contributed by atoms with Crippen LogP contribution in [0.25, 0.3) is 0 Å². The first-order valence-electron chi connectivity index (χ1n) is 7.08. The molecule has 1 aliphatic heterocycles. The van der Waals surface area contributed by atoms with Gasteiger partial charge in [0, 0.05) is 38.8 Å². The summed E-state index contributed by atoms with van der Waals surface area (Å²) in [5, 5.41) is 12.8. The average Bonchev–Trinajstić information content (AvgIpc) is 2.52. The molecule has 1 aromatic carbocycles. The van der Waals surface area contributed by atoms with Crippen LogP contribution in [0.4, 0.5) is 0 Å². The molecule has 0 bridgehead atoms. The Labute approximate surface area is 132 Å². The second kappa shape index (κ2) is 9.10. The number of hydrogen-bond donors (Lipinski definition) is 2. The van der Waals surface area contributed by atoms with Gasteiger partial charge in [0.15, 0.2) is 0 Å². The highest BCUT2D eigenvalue weighted by Crippen LogP contribution is 2.38. The molecule has 1 atom stereocenters. The topological polar surface area (TPSA) is 54.0 Å². The van der Waals surface area contributed by atoms with Crippen LogP contribution >= 0.6 is 12.4 Å². The van der Waals surface area contributed by atoms with E-state index in [-0.39, 0.29) is 25.1 Å². The predicted octanol–water partition coefficient (Wildman–Crippen LogP) is 1.45. The maximum absolute atomic E-state index is 9.43. The second-order valence-corrected chi connectivity index (χ2v) is 4.89. The fraction of sp³-hybridized carbons (Fsp3) is 0.600. The van der Waals surface area contributed by atoms with Gasteiger partial charge < -0.3 is 19.9 Å². The van der Waals surface area contributed by atoms with Gasteiger partial charge in [-0.1, -0.05) is 6.07 Å². The Hall–Kier alpha value is -1.01. The van der Waals surface area contributed by atoms with E-state index in [0.717, 1.165) is 43.2 Å². The van der Waals surface area contributed by atoms with Crippen LogP contribution < -0.4 is 14.8 Å². The Morgan fingerprint density at radius 2 is 1.76 bits per heavy atom. The highest BCUT2D eigenvalue weighted by Gasteiger charge is 2.27. The molecule has 1 aliphatic rings. The summed E-state index contributed by atoms with van der Waals surface area (Å²) in [6.45, 7) is 4.02. The fourth-order valence-corrected chi connectivity index (χ4v) is 2.83. The number of nitrogens with one attached hydrogen (secondary N) is 1. The third-order valence-corrected chi connectivity index (χ3v) is 3.79. The van der Waals surface area contributed by atoms with Gasteiger partial charge >= 0.3 is 0 Å². The number of halogens is 1. The monoisotopic (exact) mass is 316 g/mol. The number of ether oxygens (including phenoxy) is 2. The fourth-order valence-electron chi connectivity index (χ4n) is 2.83. The third kappa shape index (κ3) is 4.23. The van der Waals surface area contributed by atoms with E-state index in [1.165, 1.54) is 0 Å². The highest BCUT2D eigenvalue weighted by atomic mass is 35.5. The van der Waals surface area contributed by atoms with Crippen molar-refractivity contribution in [3.63, 3.8) is 0 Å². The number of aliphatic hydroxyl groups excluding tert-OH is 1. The molecular formula is C15H25ClN2O3. The van der Waals surface area contributed by atoms with Gasteiger partial charge in [-0.3, -0.25) is 4.90 Å². The molecule has 21 heavy (non-hydrogen) atoms. The summed E-state index contributed by atoms with van der Waals surface area (Å²) in [6, 6.07) is 5.94. The molecule has 120 valence electrons. The Bertz CT molecular complexity index is 403. The van der Waals surface area contributed by atoms with Crippen molar-refractivity contribution in [1.29, 1.82) is 0 Å². The number of nitrogens with zero attached hydrogens (tertiary/aromatic N) is 1. The van der Waals surface area contributed by atoms with Crippen molar-refractivity contribution < 1.29 is 14.6 Å². The van der Waals surface area contributed by atoms with E-state index in [2.05, 4.69) is 10.2 Å². The van der Waals surface area contributed by atoms with E-state index in [1.54, 1.807) is 14.2 Å². The van der Waals surface area contributed by atoms with Crippen LogP contribution in [0.15, 0.2) is 18.2 Å². The first-order chi connectivity index (χ1) is 9.81. The van der Waals surface area contributed by atoms with Crippen molar-refractivity contribution in [1.82, 2.24) is 10.2 Å². The summed E-state index contributed by atoms with van der Waals surface area (Å²) in [5.41, 5.74) is 1.04. The molecule has 1 saturated heterocycles. The number of aliphatic hydroxyl groups is 1. The second-order valence-electron chi connectivity index (χ2n) is 4.89. The standard InChI is InChI=1S/C15H24N2O3.ClH/c1-19-13-4-3-5-14(20-2)15(13)12(6-11-18)17-9-7-16-8-10-17;/h3-5,12,16,18H,6-11H2,1-2H3;1H/t12-;/m1./s1. The lowest BCUT2D eigenvalue weighted by molar-refractivity contribution is 0.136. The van der Waals surface area contributed by atoms with Crippen molar-refractivity contribution in [3.05, 3.63) is 23.8 Å². The van der Waals surface area contributed by atoms with E-state index in [9.17, 15) is 5.11 Å². The SMILES string of the molecule is COc1cccc(OC)c1[C@@H](CCO)N1CCNCC1.Cl. The van der Waals surface area contributed by atoms with Crippen LogP contribution in [0.2, 0.25) is 0 Å². The Balaban J connectivity index is 0.00000220. The molecule has 1 fully saturated rings. The third-order valence-electron chi connectivity index (χ3n) is 3.79. The smallest absolute Gasteiger partial charge is 0.127 e. The molecule has 1 heterocycles. The minimum absolute atomic E-state index is 0. The Kier molecular flexibility index (Phi) is 7.82. The molecule has 2 rings (SSSR count). The van der Waals surface area contributed by atoms with Crippen LogP contribution in [0.1, 0.15) is 18.0 Å². The molecule has 0 spiro atoms. The zero-order chi connectivity index (χ0) is 14.4. The Morgan fingerprint density at radius 3 is 2.24 bits per heavy atom. The molecule has 2 N–H and O–H groups in total. The first kappa shape index (κ1) is 18.0. The molecule has 0 saturated carbocycles. The molecule has 0 aromatic heterocycles. The zero-order valence-electron chi connectivity index (χ0n) is 12.7. The number of hydrogen-bond acceptors (Lipinski definition) is 5. The molecule has 5 nitrogen and oxygen atoms in total. The van der Waals surface area contributed by atoms with Gasteiger partial charge in [0.25, 0.3) is 0 Å². The lowest BCUT2D eigenvalue weighted by atomic mass is 9.99. The minimum atomic E-state index is 0. The largest absolute Gasteiger partial charge is 0.496 e. The molecule has 0 amide bonds. The number of benzene rings is 1. The minimum Gasteiger partial charge on any atom is -0.496 e. The quantitative estimate of drug-likeness (QED) is 0.832. The van der Waals surface area contributed by atoms with E-state index in [1.807, 2.05) is 18.2 Å². The normalized spacial score (nSPS) is 16.9. The van der Waals surface area contributed by atoms with Gasteiger partial charge in [-0.2, -0.15) is 0 Å². The molecule has 0 aliphatic carbocycles.